The summed E-state index contributed by atoms with van der Waals surface area (Å²) in [6.07, 6.45) is 0. The lowest BCUT2D eigenvalue weighted by Crippen LogP contribution is -2.37. The van der Waals surface area contributed by atoms with Crippen LogP contribution in [0.1, 0.15) is 158 Å². The minimum absolute atomic E-state index is 0.0682. The van der Waals surface area contributed by atoms with Crippen LogP contribution in [-0.2, 0) is 0 Å². The molecule has 0 aliphatic heterocycles. The molecule has 618 valence electrons. The summed E-state index contributed by atoms with van der Waals surface area (Å²) in [4.78, 5) is 0. The first-order chi connectivity index (χ1) is 58.5. The van der Waals surface area contributed by atoms with Gasteiger partial charge in [0.1, 0.15) is 65.7 Å². The molecular weight excluding hydrogens is 1590 g/mol. The first-order valence-corrected chi connectivity index (χ1v) is 62.4. The normalized spacial score (nSPS) is 11.9. The highest BCUT2D eigenvalue weighted by atomic mass is 28.3. The van der Waals surface area contributed by atoms with Gasteiger partial charge in [0.15, 0.2) is 0 Å². The zero-order valence-electron chi connectivity index (χ0n) is 75.2. The van der Waals surface area contributed by atoms with E-state index in [9.17, 15) is 15.3 Å². The molecule has 12 aromatic carbocycles. The van der Waals surface area contributed by atoms with E-state index in [0.717, 1.165) is 207 Å². The van der Waals surface area contributed by atoms with Crippen LogP contribution in [0.4, 0.5) is 0 Å². The maximum atomic E-state index is 13.0. The Kier molecular flexibility index (Phi) is 29.6. The van der Waals surface area contributed by atoms with Gasteiger partial charge in [0.05, 0.1) is 17.2 Å². The summed E-state index contributed by atoms with van der Waals surface area (Å²) in [5, 5.41) is 49.3. The Labute approximate surface area is 734 Å². The third kappa shape index (κ3) is 19.1. The van der Waals surface area contributed by atoms with Crippen LogP contribution in [-0.4, -0.2) is 78.9 Å². The summed E-state index contributed by atoms with van der Waals surface area (Å²) in [5.74, 6) is 23.5. The van der Waals surface area contributed by atoms with Crippen molar-refractivity contribution in [2.24, 2.45) is 0 Å². The molecule has 0 radical (unpaired) electrons. The summed E-state index contributed by atoms with van der Waals surface area (Å²) in [6, 6.07) is 81.4. The summed E-state index contributed by atoms with van der Waals surface area (Å²) in [5.41, 5.74) is 32.3. The van der Waals surface area contributed by atoms with E-state index in [4.69, 9.17) is 11.4 Å². The highest BCUT2D eigenvalue weighted by Gasteiger charge is 2.47. The number of benzene rings is 12. The Bertz CT molecular complexity index is 5630. The lowest BCUT2D eigenvalue weighted by molar-refractivity contribution is 0.309. The van der Waals surface area contributed by atoms with Crippen LogP contribution in [0.2, 0.25) is 109 Å². The third-order valence-corrected chi connectivity index (χ3v) is 58.0. The quantitative estimate of drug-likeness (QED) is 0.0351. The van der Waals surface area contributed by atoms with E-state index in [1.54, 1.807) is 18.2 Å². The topological polar surface area (TPSA) is 88.4 Å². The molecule has 13 heteroatoms. The molecule has 0 unspecified atom stereocenters. The zero-order valence-corrected chi connectivity index (χ0v) is 82.3. The minimum atomic E-state index is -3.97. The molecule has 3 N–H and O–H groups in total. The SMILES string of the molecule is CC[Si](C#Cc1ccc2c(-c3c([O][Al]([O]c4ccc5cc(C#C[Si](CC)(CC)CC)ccc5c4-c4c(O)ccc5cc(C#C[Si](CC)(CC)CC)ccc45)[O]c4ccc5cc(C#C[Si](CC)(CC)CC)ccc5c4-c4c(O)ccc5cc(C#C[Si](CC)(CC)CC)ccc45)ccc4cc(C#C[Si](CC)(CC)CC)ccc34)c(O)ccc2c1)(CC)CC. The standard InChI is InChI=1S/3C36H42O2Si2.Al/c3*1-7-39(8-2,9-3)23-21-27-13-17-31-29(25-27)15-19-33(37)35(31)36-32-18-14-28(26-30(32)16-20-34(36)38)22-24-40(10-4,11-5)12-6;/h3*13-20,25-26,37-38H,7-12H2,1-6H3;/q;;;+3/p-3. The number of hydrogen-bond acceptors (Lipinski definition) is 6. The molecule has 0 heterocycles. The van der Waals surface area contributed by atoms with Crippen LogP contribution >= 0.6 is 0 Å². The highest BCUT2D eigenvalue weighted by molar-refractivity contribution is 6.89. The van der Waals surface area contributed by atoms with E-state index < -0.39 is 63.6 Å². The fraction of sp³-hybridized carbons (Fsp3) is 0.333. The average molecular weight is 1710 g/mol. The van der Waals surface area contributed by atoms with Crippen LogP contribution < -0.4 is 11.4 Å². The minimum Gasteiger partial charge on any atom is -0.577 e. The number of aromatic hydroxyl groups is 3. The van der Waals surface area contributed by atoms with Gasteiger partial charge in [-0.2, -0.15) is 0 Å². The molecule has 0 aliphatic carbocycles. The first-order valence-electron chi connectivity index (χ1n) is 45.2. The molecule has 0 aromatic heterocycles. The van der Waals surface area contributed by atoms with Crippen LogP contribution in [0.5, 0.6) is 34.5 Å². The predicted molar refractivity (Wildman–Crippen MR) is 538 cm³/mol. The first kappa shape index (κ1) is 90.4. The van der Waals surface area contributed by atoms with Crippen molar-refractivity contribution in [2.75, 3.05) is 0 Å². The maximum Gasteiger partial charge on any atom is 1.20 e. The van der Waals surface area contributed by atoms with Gasteiger partial charge in [-0.1, -0.05) is 233 Å². The average Bonchev–Trinajstić information content (AvgIpc) is 0.751. The molecule has 0 atom stereocenters. The van der Waals surface area contributed by atoms with Crippen LogP contribution in [0, 0.1) is 68.8 Å². The molecule has 12 aromatic rings. The summed E-state index contributed by atoms with van der Waals surface area (Å²) in [7, 11) is -11.1. The number of rotatable bonds is 27. The fourth-order valence-electron chi connectivity index (χ4n) is 17.9. The van der Waals surface area contributed by atoms with Crippen molar-refractivity contribution < 1.29 is 26.7 Å². The van der Waals surface area contributed by atoms with Crippen molar-refractivity contribution in [1.82, 2.24) is 0 Å². The van der Waals surface area contributed by atoms with Gasteiger partial charge < -0.3 is 26.7 Å². The predicted octanol–water partition coefficient (Wildman–Crippen LogP) is 29.6. The molecule has 0 spiro atoms. The van der Waals surface area contributed by atoms with E-state index >= 15 is 0 Å². The zero-order chi connectivity index (χ0) is 86.4. The molecule has 0 aliphatic rings. The lowest BCUT2D eigenvalue weighted by Gasteiger charge is -2.25. The number of phenolic OH excluding ortho intramolecular Hbond substituents is 3. The Morgan fingerprint density at radius 2 is 0.364 bits per heavy atom. The van der Waals surface area contributed by atoms with Crippen molar-refractivity contribution in [3.8, 4) is 137 Å². The van der Waals surface area contributed by atoms with Crippen molar-refractivity contribution in [2.45, 2.75) is 233 Å². The molecule has 0 bridgehead atoms. The van der Waals surface area contributed by atoms with Crippen molar-refractivity contribution in [1.29, 1.82) is 0 Å². The molecule has 0 saturated heterocycles. The molecule has 0 fully saturated rings. The summed E-state index contributed by atoms with van der Waals surface area (Å²) < 4.78 is 23.9. The number of fused-ring (bicyclic) bond motifs is 6. The van der Waals surface area contributed by atoms with Gasteiger partial charge >= 0.3 is 15.1 Å². The van der Waals surface area contributed by atoms with Gasteiger partial charge in [-0.05, 0) is 283 Å². The largest absolute Gasteiger partial charge is 1.20 e. The lowest BCUT2D eigenvalue weighted by atomic mass is 9.91. The van der Waals surface area contributed by atoms with E-state index in [1.807, 2.05) is 36.4 Å². The van der Waals surface area contributed by atoms with Crippen LogP contribution in [0.25, 0.3) is 98.0 Å². The van der Waals surface area contributed by atoms with Gasteiger partial charge in [-0.25, -0.2) is 0 Å². The van der Waals surface area contributed by atoms with Crippen molar-refractivity contribution >= 4 is 128 Å². The Balaban J connectivity index is 1.17. The fourth-order valence-corrected chi connectivity index (χ4v) is 33.9. The summed E-state index contributed by atoms with van der Waals surface area (Å²) >= 11 is -3.97. The van der Waals surface area contributed by atoms with Crippen molar-refractivity contribution in [3.05, 3.63) is 215 Å². The van der Waals surface area contributed by atoms with Gasteiger partial charge in [0, 0.05) is 66.8 Å². The van der Waals surface area contributed by atoms with Crippen LogP contribution in [0.15, 0.2) is 182 Å². The van der Waals surface area contributed by atoms with Gasteiger partial charge in [-0.3, -0.25) is 0 Å². The van der Waals surface area contributed by atoms with E-state index in [1.165, 1.54) is 0 Å². The molecule has 121 heavy (non-hydrogen) atoms. The number of phenols is 3. The molecule has 0 saturated carbocycles. The van der Waals surface area contributed by atoms with Gasteiger partial charge in [-0.15, -0.1) is 33.3 Å². The third-order valence-electron chi connectivity index (χ3n) is 28.4. The van der Waals surface area contributed by atoms with Gasteiger partial charge in [0.25, 0.3) is 0 Å². The summed E-state index contributed by atoms with van der Waals surface area (Å²) in [6.45, 7) is 41.2. The van der Waals surface area contributed by atoms with Crippen molar-refractivity contribution in [3.63, 3.8) is 0 Å². The molecular formula is C108H123AlO6Si6. The monoisotopic (exact) mass is 1710 g/mol. The Morgan fingerprint density at radius 3 is 0.529 bits per heavy atom. The number of hydrogen-bond donors (Lipinski definition) is 3. The highest BCUT2D eigenvalue weighted by Crippen LogP contribution is 2.51. The smallest absolute Gasteiger partial charge is 0.577 e. The van der Waals surface area contributed by atoms with Gasteiger partial charge in [0.2, 0.25) is 0 Å². The second-order valence-corrected chi connectivity index (χ2v) is 64.4. The Hall–Kier alpha value is -9.81. The van der Waals surface area contributed by atoms with E-state index in [0.29, 0.717) is 50.6 Å². The molecule has 12 rings (SSSR count). The van der Waals surface area contributed by atoms with E-state index in [-0.39, 0.29) is 17.2 Å². The molecule has 0 amide bonds. The second kappa shape index (κ2) is 39.6. The van der Waals surface area contributed by atoms with E-state index in [2.05, 4.69) is 321 Å². The maximum absolute atomic E-state index is 13.0. The van der Waals surface area contributed by atoms with Crippen LogP contribution in [0.3, 0.4) is 0 Å². The second-order valence-electron chi connectivity index (χ2n) is 33.5. The Morgan fingerprint density at radius 1 is 0.207 bits per heavy atom. The molecule has 6 nitrogen and oxygen atoms in total.